The molecular weight excluding hydrogens is 306 g/mol. The van der Waals surface area contributed by atoms with Crippen LogP contribution in [-0.2, 0) is 11.3 Å². The zero-order valence-electron chi connectivity index (χ0n) is 14.2. The van der Waals surface area contributed by atoms with E-state index in [-0.39, 0.29) is 25.0 Å². The summed E-state index contributed by atoms with van der Waals surface area (Å²) in [6.07, 6.45) is 4.16. The number of benzene rings is 1. The fourth-order valence-corrected chi connectivity index (χ4v) is 3.17. The summed E-state index contributed by atoms with van der Waals surface area (Å²) in [5.41, 5.74) is 0.783. The molecule has 2 amide bonds. The van der Waals surface area contributed by atoms with E-state index in [0.717, 1.165) is 31.4 Å². The summed E-state index contributed by atoms with van der Waals surface area (Å²) in [7, 11) is 1.87. The molecule has 1 saturated carbocycles. The molecule has 0 radical (unpaired) electrons. The van der Waals surface area contributed by atoms with Crippen LogP contribution in [0.5, 0.6) is 0 Å². The zero-order chi connectivity index (χ0) is 17.4. The van der Waals surface area contributed by atoms with Crippen molar-refractivity contribution in [1.82, 2.24) is 16.0 Å². The van der Waals surface area contributed by atoms with Crippen molar-refractivity contribution in [3.8, 4) is 0 Å². The second-order valence-electron chi connectivity index (χ2n) is 6.30. The average Bonchev–Trinajstić information content (AvgIpc) is 2.61. The first-order chi connectivity index (χ1) is 11.6. The van der Waals surface area contributed by atoms with E-state index in [1.807, 2.05) is 19.2 Å². The number of nitrogens with one attached hydrogen (secondary N) is 3. The maximum absolute atomic E-state index is 12.6. The van der Waals surface area contributed by atoms with Crippen molar-refractivity contribution in [3.05, 3.63) is 35.4 Å². The van der Waals surface area contributed by atoms with Gasteiger partial charge in [0, 0.05) is 18.7 Å². The van der Waals surface area contributed by atoms with Crippen LogP contribution < -0.4 is 16.0 Å². The smallest absolute Gasteiger partial charge is 0.252 e. The number of aliphatic hydroxyl groups is 1. The van der Waals surface area contributed by atoms with Gasteiger partial charge in [-0.2, -0.15) is 0 Å². The van der Waals surface area contributed by atoms with Crippen molar-refractivity contribution in [2.75, 3.05) is 20.2 Å². The number of hydrogen-bond acceptors (Lipinski definition) is 4. The van der Waals surface area contributed by atoms with Crippen LogP contribution in [0.4, 0.5) is 0 Å². The van der Waals surface area contributed by atoms with Gasteiger partial charge in [-0.25, -0.2) is 0 Å². The molecule has 0 bridgehead atoms. The molecule has 1 fully saturated rings. The van der Waals surface area contributed by atoms with Gasteiger partial charge >= 0.3 is 0 Å². The Morgan fingerprint density at radius 2 is 1.79 bits per heavy atom. The van der Waals surface area contributed by atoms with Crippen LogP contribution in [0.3, 0.4) is 0 Å². The van der Waals surface area contributed by atoms with Gasteiger partial charge in [0.25, 0.3) is 5.91 Å². The maximum Gasteiger partial charge on any atom is 0.252 e. The number of hydrogen-bond donors (Lipinski definition) is 4. The molecule has 6 nitrogen and oxygen atoms in total. The second-order valence-corrected chi connectivity index (χ2v) is 6.30. The first kappa shape index (κ1) is 18.4. The number of amides is 2. The number of aliphatic hydroxyl groups excluding tert-OH is 1. The van der Waals surface area contributed by atoms with E-state index in [4.69, 9.17) is 5.11 Å². The lowest BCUT2D eigenvalue weighted by Gasteiger charge is -2.36. The van der Waals surface area contributed by atoms with Gasteiger partial charge in [0.2, 0.25) is 5.91 Å². The third-order valence-corrected chi connectivity index (χ3v) is 4.49. The lowest BCUT2D eigenvalue weighted by Crippen LogP contribution is -2.60. The molecule has 0 saturated heterocycles. The van der Waals surface area contributed by atoms with E-state index in [0.29, 0.717) is 18.4 Å². The molecule has 1 aromatic rings. The van der Waals surface area contributed by atoms with Crippen molar-refractivity contribution in [3.63, 3.8) is 0 Å². The van der Waals surface area contributed by atoms with Crippen LogP contribution in [0.2, 0.25) is 0 Å². The van der Waals surface area contributed by atoms with E-state index in [2.05, 4.69) is 16.0 Å². The molecule has 0 aliphatic heterocycles. The maximum atomic E-state index is 12.6. The normalized spacial score (nSPS) is 16.4. The molecule has 0 aromatic heterocycles. The fourth-order valence-electron chi connectivity index (χ4n) is 3.17. The van der Waals surface area contributed by atoms with E-state index < -0.39 is 5.54 Å². The van der Waals surface area contributed by atoms with Gasteiger partial charge in [-0.3, -0.25) is 9.59 Å². The first-order valence-corrected chi connectivity index (χ1v) is 8.56. The van der Waals surface area contributed by atoms with Gasteiger partial charge in [0.1, 0.15) is 5.54 Å². The molecule has 132 valence electrons. The minimum Gasteiger partial charge on any atom is -0.395 e. The Kier molecular flexibility index (Phi) is 6.75. The molecule has 0 atom stereocenters. The molecule has 6 heteroatoms. The Morgan fingerprint density at radius 3 is 2.38 bits per heavy atom. The molecule has 0 spiro atoms. The Hall–Kier alpha value is -1.92. The largest absolute Gasteiger partial charge is 0.395 e. The zero-order valence-corrected chi connectivity index (χ0v) is 14.2. The monoisotopic (exact) mass is 333 g/mol. The van der Waals surface area contributed by atoms with Crippen molar-refractivity contribution in [1.29, 1.82) is 0 Å². The fraction of sp³-hybridized carbons (Fsp3) is 0.556. The summed E-state index contributed by atoms with van der Waals surface area (Å²) in [6, 6.07) is 7.38. The molecule has 0 heterocycles. The number of carbonyl (C=O) groups is 2. The minimum atomic E-state index is -0.867. The van der Waals surface area contributed by atoms with Crippen LogP contribution in [0.25, 0.3) is 0 Å². The van der Waals surface area contributed by atoms with Crippen LogP contribution in [0.1, 0.15) is 48.0 Å². The molecule has 2 rings (SSSR count). The van der Waals surface area contributed by atoms with Crippen molar-refractivity contribution in [2.45, 2.75) is 44.2 Å². The standard InChI is InChI=1S/C18H27N3O3/c1-19-13-14-5-7-15(8-6-14)16(23)21-18(9-3-2-4-10-18)17(24)20-11-12-22/h5-8,19,22H,2-4,9-13H2,1H3,(H,20,24)(H,21,23). The summed E-state index contributed by atoms with van der Waals surface area (Å²) in [6.45, 7) is 0.841. The van der Waals surface area contributed by atoms with E-state index >= 15 is 0 Å². The highest BCUT2D eigenvalue weighted by Crippen LogP contribution is 2.29. The second kappa shape index (κ2) is 8.80. The summed E-state index contributed by atoms with van der Waals surface area (Å²) in [4.78, 5) is 25.1. The Bertz CT molecular complexity index is 551. The van der Waals surface area contributed by atoms with Gasteiger partial charge in [-0.15, -0.1) is 0 Å². The van der Waals surface area contributed by atoms with Gasteiger partial charge in [0.15, 0.2) is 0 Å². The van der Waals surface area contributed by atoms with Crippen molar-refractivity contribution < 1.29 is 14.7 Å². The molecule has 0 unspecified atom stereocenters. The summed E-state index contributed by atoms with van der Waals surface area (Å²) >= 11 is 0. The predicted molar refractivity (Wildman–Crippen MR) is 92.6 cm³/mol. The van der Waals surface area contributed by atoms with Crippen LogP contribution in [0.15, 0.2) is 24.3 Å². The summed E-state index contributed by atoms with van der Waals surface area (Å²) in [5, 5.41) is 17.7. The topological polar surface area (TPSA) is 90.5 Å². The van der Waals surface area contributed by atoms with Gasteiger partial charge in [0.05, 0.1) is 6.61 Å². The van der Waals surface area contributed by atoms with Gasteiger partial charge < -0.3 is 21.1 Å². The van der Waals surface area contributed by atoms with Crippen LogP contribution in [-0.4, -0.2) is 42.7 Å². The Morgan fingerprint density at radius 1 is 1.12 bits per heavy atom. The SMILES string of the molecule is CNCc1ccc(C(=O)NC2(C(=O)NCCO)CCCCC2)cc1. The molecule has 4 N–H and O–H groups in total. The highest BCUT2D eigenvalue weighted by Gasteiger charge is 2.40. The lowest BCUT2D eigenvalue weighted by atomic mass is 9.80. The van der Waals surface area contributed by atoms with Crippen molar-refractivity contribution in [2.24, 2.45) is 0 Å². The molecular formula is C18H27N3O3. The predicted octanol–water partition coefficient (Wildman–Crippen LogP) is 0.947. The van der Waals surface area contributed by atoms with Crippen LogP contribution >= 0.6 is 0 Å². The van der Waals surface area contributed by atoms with Crippen molar-refractivity contribution >= 4 is 11.8 Å². The summed E-state index contributed by atoms with van der Waals surface area (Å²) in [5.74, 6) is -0.427. The lowest BCUT2D eigenvalue weighted by molar-refractivity contribution is -0.128. The Labute approximate surface area is 143 Å². The van der Waals surface area contributed by atoms with Gasteiger partial charge in [-0.1, -0.05) is 31.4 Å². The van der Waals surface area contributed by atoms with E-state index in [1.54, 1.807) is 12.1 Å². The van der Waals surface area contributed by atoms with E-state index in [9.17, 15) is 9.59 Å². The van der Waals surface area contributed by atoms with Gasteiger partial charge in [-0.05, 0) is 37.6 Å². The Balaban J connectivity index is 2.10. The molecule has 1 aliphatic rings. The van der Waals surface area contributed by atoms with E-state index in [1.165, 1.54) is 0 Å². The quantitative estimate of drug-likeness (QED) is 0.598. The first-order valence-electron chi connectivity index (χ1n) is 8.56. The summed E-state index contributed by atoms with van der Waals surface area (Å²) < 4.78 is 0. The van der Waals surface area contributed by atoms with Crippen LogP contribution in [0, 0.1) is 0 Å². The number of rotatable bonds is 7. The highest BCUT2D eigenvalue weighted by atomic mass is 16.3. The molecule has 1 aliphatic carbocycles. The number of carbonyl (C=O) groups excluding carboxylic acids is 2. The molecule has 1 aromatic carbocycles. The third kappa shape index (κ3) is 4.55. The third-order valence-electron chi connectivity index (χ3n) is 4.49. The average molecular weight is 333 g/mol. The minimum absolute atomic E-state index is 0.108. The molecule has 24 heavy (non-hydrogen) atoms. The highest BCUT2D eigenvalue weighted by molar-refractivity contribution is 5.99.